The van der Waals surface area contributed by atoms with E-state index in [1.165, 1.54) is 5.56 Å². The third-order valence-corrected chi connectivity index (χ3v) is 5.06. The predicted molar refractivity (Wildman–Crippen MR) is 113 cm³/mol. The van der Waals surface area contributed by atoms with E-state index in [1.807, 2.05) is 60.7 Å². The minimum atomic E-state index is -0.458. The molecule has 4 aromatic rings. The number of para-hydroxylation sites is 1. The summed E-state index contributed by atoms with van der Waals surface area (Å²) in [6.45, 7) is 0.662. The molecule has 28 heavy (non-hydrogen) atoms. The van der Waals surface area contributed by atoms with Crippen molar-refractivity contribution in [2.45, 2.75) is 12.5 Å². The number of hydrogen-bond acceptors (Lipinski definition) is 3. The Balaban J connectivity index is 1.57. The van der Waals surface area contributed by atoms with Crippen molar-refractivity contribution in [2.24, 2.45) is 0 Å². The first kappa shape index (κ1) is 18.4. The smallest absolute Gasteiger partial charge is 0.186 e. The van der Waals surface area contributed by atoms with Crippen LogP contribution >= 0.6 is 11.6 Å². The second-order valence-electron chi connectivity index (χ2n) is 6.66. The molecule has 0 unspecified atom stereocenters. The number of halogens is 1. The van der Waals surface area contributed by atoms with Crippen molar-refractivity contribution >= 4 is 28.3 Å². The molecule has 140 valence electrons. The predicted octanol–water partition coefficient (Wildman–Crippen LogP) is 4.97. The Morgan fingerprint density at radius 3 is 2.68 bits per heavy atom. The van der Waals surface area contributed by atoms with Crippen LogP contribution in [0.4, 0.5) is 0 Å². The van der Waals surface area contributed by atoms with Gasteiger partial charge in [-0.25, -0.2) is 0 Å². The average Bonchev–Trinajstić information content (AvgIpc) is 3.17. The number of fused-ring (bicyclic) bond motifs is 1. The lowest BCUT2D eigenvalue weighted by Gasteiger charge is -2.18. The van der Waals surface area contributed by atoms with Crippen molar-refractivity contribution in [2.75, 3.05) is 6.54 Å². The third-order valence-electron chi connectivity index (χ3n) is 4.81. The zero-order chi connectivity index (χ0) is 19.3. The molecule has 0 aliphatic carbocycles. The minimum Gasteiger partial charge on any atom is -0.360 e. The molecule has 4 nitrogen and oxygen atoms in total. The van der Waals surface area contributed by atoms with E-state index in [4.69, 9.17) is 11.6 Å². The fourth-order valence-corrected chi connectivity index (χ4v) is 3.48. The fourth-order valence-electron chi connectivity index (χ4n) is 3.35. The number of aromatic amines is 1. The highest BCUT2D eigenvalue weighted by molar-refractivity contribution is 6.30. The number of nitrogens with one attached hydrogen (secondary N) is 2. The average molecular weight is 390 g/mol. The molecule has 2 N–H and O–H groups in total. The molecule has 0 bridgehead atoms. The summed E-state index contributed by atoms with van der Waals surface area (Å²) in [7, 11) is 0. The molecule has 0 aliphatic heterocycles. The highest BCUT2D eigenvalue weighted by Gasteiger charge is 2.24. The van der Waals surface area contributed by atoms with Crippen LogP contribution in [0, 0.1) is 0 Å². The molecule has 2 heterocycles. The Kier molecular flexibility index (Phi) is 5.51. The molecule has 1 atom stereocenters. The van der Waals surface area contributed by atoms with Crippen LogP contribution in [-0.4, -0.2) is 22.3 Å². The number of carbonyl (C=O) groups excluding carboxylic acids is 1. The normalized spacial score (nSPS) is 12.2. The Labute approximate surface area is 168 Å². The molecular weight excluding hydrogens is 370 g/mol. The van der Waals surface area contributed by atoms with Crippen LogP contribution < -0.4 is 5.32 Å². The number of nitrogens with zero attached hydrogens (tertiary/aromatic N) is 1. The third kappa shape index (κ3) is 3.98. The number of Topliss-reactive ketones (excluding diaryl/α,β-unsaturated/α-hetero) is 1. The van der Waals surface area contributed by atoms with Crippen LogP contribution in [0.1, 0.15) is 27.5 Å². The molecule has 5 heteroatoms. The summed E-state index contributed by atoms with van der Waals surface area (Å²) in [5.74, 6) is 0.0292. The summed E-state index contributed by atoms with van der Waals surface area (Å²) in [5.41, 5.74) is 3.66. The van der Waals surface area contributed by atoms with Gasteiger partial charge in [0.2, 0.25) is 0 Å². The number of hydrogen-bond donors (Lipinski definition) is 2. The highest BCUT2D eigenvalue weighted by atomic mass is 35.5. The van der Waals surface area contributed by atoms with E-state index in [2.05, 4.69) is 15.3 Å². The van der Waals surface area contributed by atoms with Gasteiger partial charge in [0.15, 0.2) is 5.78 Å². The molecule has 0 amide bonds. The maximum atomic E-state index is 13.4. The van der Waals surface area contributed by atoms with E-state index in [9.17, 15) is 4.79 Å². The van der Waals surface area contributed by atoms with Crippen LogP contribution in [0.15, 0.2) is 79.3 Å². The lowest BCUT2D eigenvalue weighted by atomic mass is 9.98. The topological polar surface area (TPSA) is 57.8 Å². The summed E-state index contributed by atoms with van der Waals surface area (Å²) in [6.07, 6.45) is 6.05. The highest BCUT2D eigenvalue weighted by Crippen LogP contribution is 2.24. The largest absolute Gasteiger partial charge is 0.360 e. The van der Waals surface area contributed by atoms with Crippen LogP contribution in [-0.2, 0) is 6.42 Å². The van der Waals surface area contributed by atoms with Gasteiger partial charge < -0.3 is 10.3 Å². The Morgan fingerprint density at radius 2 is 1.89 bits per heavy atom. The van der Waals surface area contributed by atoms with Gasteiger partial charge in [-0.15, -0.1) is 0 Å². The fraction of sp³-hybridized carbons (Fsp3) is 0.130. The Hall–Kier alpha value is -2.95. The van der Waals surface area contributed by atoms with Crippen molar-refractivity contribution in [3.8, 4) is 0 Å². The van der Waals surface area contributed by atoms with Crippen LogP contribution in [0.5, 0.6) is 0 Å². The van der Waals surface area contributed by atoms with E-state index in [0.717, 1.165) is 27.9 Å². The maximum absolute atomic E-state index is 13.4. The van der Waals surface area contributed by atoms with Gasteiger partial charge in [0.1, 0.15) is 0 Å². The number of aromatic nitrogens is 2. The summed E-state index contributed by atoms with van der Waals surface area (Å²) in [5, 5.41) is 5.07. The summed E-state index contributed by atoms with van der Waals surface area (Å²) in [4.78, 5) is 20.8. The SMILES string of the molecule is O=C(c1c[nH]c2ccccc12)[C@H](NCCc1ccc(Cl)cc1)c1cccnc1. The summed E-state index contributed by atoms with van der Waals surface area (Å²) in [6, 6.07) is 18.9. The van der Waals surface area contributed by atoms with Gasteiger partial charge in [-0.05, 0) is 41.8 Å². The monoisotopic (exact) mass is 389 g/mol. The second kappa shape index (κ2) is 8.38. The first-order valence-corrected chi connectivity index (χ1v) is 9.58. The minimum absolute atomic E-state index is 0.0292. The molecule has 0 saturated heterocycles. The zero-order valence-electron chi connectivity index (χ0n) is 15.2. The van der Waals surface area contributed by atoms with Crippen molar-refractivity contribution < 1.29 is 4.79 Å². The first-order chi connectivity index (χ1) is 13.7. The van der Waals surface area contributed by atoms with Crippen LogP contribution in [0.25, 0.3) is 10.9 Å². The van der Waals surface area contributed by atoms with Gasteiger partial charge in [0.25, 0.3) is 0 Å². The number of pyridine rings is 1. The van der Waals surface area contributed by atoms with Gasteiger partial charge in [0.05, 0.1) is 6.04 Å². The first-order valence-electron chi connectivity index (χ1n) is 9.20. The van der Waals surface area contributed by atoms with Crippen molar-refractivity contribution in [3.63, 3.8) is 0 Å². The second-order valence-corrected chi connectivity index (χ2v) is 7.10. The Bertz CT molecular complexity index is 1070. The van der Waals surface area contributed by atoms with Gasteiger partial charge in [-0.3, -0.25) is 9.78 Å². The van der Waals surface area contributed by atoms with Crippen LogP contribution in [0.3, 0.4) is 0 Å². The molecule has 2 aromatic carbocycles. The van der Waals surface area contributed by atoms with Crippen molar-refractivity contribution in [1.82, 2.24) is 15.3 Å². The molecule has 0 saturated carbocycles. The van der Waals surface area contributed by atoms with E-state index in [1.54, 1.807) is 18.6 Å². The van der Waals surface area contributed by atoms with Crippen molar-refractivity contribution in [1.29, 1.82) is 0 Å². The summed E-state index contributed by atoms with van der Waals surface area (Å²) >= 11 is 5.95. The van der Waals surface area contributed by atoms with Crippen LogP contribution in [0.2, 0.25) is 5.02 Å². The lowest BCUT2D eigenvalue weighted by molar-refractivity contribution is 0.0944. The molecule has 4 rings (SSSR count). The van der Waals surface area contributed by atoms with E-state index >= 15 is 0 Å². The quantitative estimate of drug-likeness (QED) is 0.438. The molecule has 0 radical (unpaired) electrons. The number of H-pyrrole nitrogens is 1. The lowest BCUT2D eigenvalue weighted by Crippen LogP contribution is -2.30. The van der Waals surface area contributed by atoms with Gasteiger partial charge in [-0.1, -0.05) is 48.0 Å². The van der Waals surface area contributed by atoms with Gasteiger partial charge >= 0.3 is 0 Å². The standard InChI is InChI=1S/C23H20ClN3O/c24-18-9-7-16(8-10-18)11-13-26-22(17-4-3-12-25-14-17)23(28)20-15-27-21-6-2-1-5-19(20)21/h1-10,12,14-15,22,26-27H,11,13H2/t22-/m1/s1. The number of benzene rings is 2. The molecule has 0 fully saturated rings. The number of carbonyl (C=O) groups is 1. The van der Waals surface area contributed by atoms with Gasteiger partial charge in [0, 0.05) is 46.6 Å². The molecule has 0 aliphatic rings. The van der Waals surface area contributed by atoms with E-state index in [0.29, 0.717) is 12.1 Å². The van der Waals surface area contributed by atoms with Gasteiger partial charge in [-0.2, -0.15) is 0 Å². The Morgan fingerprint density at radius 1 is 1.07 bits per heavy atom. The maximum Gasteiger partial charge on any atom is 0.186 e. The number of rotatable bonds is 7. The van der Waals surface area contributed by atoms with Crippen molar-refractivity contribution in [3.05, 3.63) is 101 Å². The van der Waals surface area contributed by atoms with E-state index in [-0.39, 0.29) is 5.78 Å². The molecule has 0 spiro atoms. The summed E-state index contributed by atoms with van der Waals surface area (Å²) < 4.78 is 0. The molecule has 2 aromatic heterocycles. The number of ketones is 1. The van der Waals surface area contributed by atoms with E-state index < -0.39 is 6.04 Å². The zero-order valence-corrected chi connectivity index (χ0v) is 16.0. The molecular formula is C23H20ClN3O.